The van der Waals surface area contributed by atoms with Crippen molar-refractivity contribution in [1.82, 2.24) is 0 Å². The predicted molar refractivity (Wildman–Crippen MR) is 41.1 cm³/mol. The molecule has 0 aliphatic rings. The monoisotopic (exact) mass is 185 g/mol. The van der Waals surface area contributed by atoms with Crippen LogP contribution >= 0.6 is 0 Å². The van der Waals surface area contributed by atoms with Crippen LogP contribution in [0.2, 0.25) is 5.32 Å². The minimum atomic E-state index is 0.654. The number of hydrogen-bond acceptors (Lipinski definition) is 0. The molecule has 0 atom stereocenters. The average Bonchev–Trinajstić information content (AvgIpc) is 1.91. The van der Waals surface area contributed by atoms with Crippen LogP contribution in [0.3, 0.4) is 0 Å². The Kier molecular flexibility index (Phi) is 2.82. The van der Waals surface area contributed by atoms with E-state index in [0.29, 0.717) is 15.0 Å². The summed E-state index contributed by atoms with van der Waals surface area (Å²) in [5, 5.41) is 1.27. The van der Waals surface area contributed by atoms with Crippen LogP contribution in [0.1, 0.15) is 6.92 Å². The van der Waals surface area contributed by atoms with Gasteiger partial charge in [0, 0.05) is 0 Å². The quantitative estimate of drug-likeness (QED) is 0.607. The zero-order valence-corrected chi connectivity index (χ0v) is 7.14. The average molecular weight is 184 g/mol. The molecule has 0 N–H and O–H groups in total. The van der Waals surface area contributed by atoms with E-state index in [4.69, 9.17) is 0 Å². The van der Waals surface area contributed by atoms with E-state index in [1.165, 1.54) is 9.78 Å². The molecule has 1 aromatic rings. The molecular weight excluding hydrogens is 175 g/mol. The second kappa shape index (κ2) is 3.71. The maximum atomic E-state index is 3.20. The van der Waals surface area contributed by atoms with E-state index in [9.17, 15) is 0 Å². The molecule has 0 bridgehead atoms. The number of hydrogen-bond donors (Lipinski definition) is 0. The van der Waals surface area contributed by atoms with Crippen LogP contribution < -0.4 is 4.46 Å². The van der Waals surface area contributed by atoms with Gasteiger partial charge < -0.3 is 0 Å². The molecule has 47 valence electrons. The summed E-state index contributed by atoms with van der Waals surface area (Å²) in [4.78, 5) is 0. The Morgan fingerprint density at radius 2 is 2.44 bits per heavy atom. The fraction of sp³-hybridized carbons (Fsp3) is 0.250. The van der Waals surface area contributed by atoms with E-state index in [-0.39, 0.29) is 0 Å². The van der Waals surface area contributed by atoms with Gasteiger partial charge in [0.15, 0.2) is 0 Å². The molecule has 0 spiro atoms. The molecule has 1 aromatic carbocycles. The summed E-state index contributed by atoms with van der Waals surface area (Å²) in [6, 6.07) is 11.4. The Bertz CT molecular complexity index is 157. The van der Waals surface area contributed by atoms with Gasteiger partial charge in [-0.2, -0.15) is 0 Å². The summed E-state index contributed by atoms with van der Waals surface area (Å²) < 4.78 is 1.38. The van der Waals surface area contributed by atoms with Crippen LogP contribution in [0.5, 0.6) is 0 Å². The first kappa shape index (κ1) is 6.85. The Hall–Kier alpha value is -0.261. The topological polar surface area (TPSA) is 0 Å². The van der Waals surface area contributed by atoms with Crippen LogP contribution in [0.25, 0.3) is 0 Å². The molecule has 1 rings (SSSR count). The van der Waals surface area contributed by atoms with Crippen molar-refractivity contribution < 1.29 is 0 Å². The van der Waals surface area contributed by atoms with Crippen molar-refractivity contribution in [1.29, 1.82) is 0 Å². The third-order valence-corrected chi connectivity index (χ3v) is 2.77. The summed E-state index contributed by atoms with van der Waals surface area (Å²) >= 11 is 0.654. The van der Waals surface area contributed by atoms with Crippen LogP contribution in [0, 0.1) is 6.07 Å². The first-order chi connectivity index (χ1) is 4.43. The molecule has 0 saturated heterocycles. The van der Waals surface area contributed by atoms with E-state index < -0.39 is 0 Å². The summed E-state index contributed by atoms with van der Waals surface area (Å²) in [5.41, 5.74) is 0. The first-order valence-corrected chi connectivity index (χ1v) is 5.10. The summed E-state index contributed by atoms with van der Waals surface area (Å²) in [6.07, 6.45) is 0. The van der Waals surface area contributed by atoms with E-state index >= 15 is 0 Å². The molecule has 1 heteroatoms. The fourth-order valence-electron chi connectivity index (χ4n) is 0.622. The molecule has 0 heterocycles. The Balaban J connectivity index is 2.61. The third-order valence-electron chi connectivity index (χ3n) is 0.980. The van der Waals surface area contributed by atoms with Crippen molar-refractivity contribution in [2.24, 2.45) is 0 Å². The molecule has 0 unspecified atom stereocenters. The van der Waals surface area contributed by atoms with Crippen molar-refractivity contribution in [3.05, 3.63) is 30.3 Å². The first-order valence-electron chi connectivity index (χ1n) is 3.03. The molecule has 0 nitrogen and oxygen atoms in total. The van der Waals surface area contributed by atoms with Gasteiger partial charge in [-0.3, -0.25) is 0 Å². The molecule has 0 fully saturated rings. The molecular formula is C8H9Se. The van der Waals surface area contributed by atoms with E-state index in [1.807, 2.05) is 12.1 Å². The van der Waals surface area contributed by atoms with E-state index in [1.54, 1.807) is 0 Å². The van der Waals surface area contributed by atoms with E-state index in [0.717, 1.165) is 0 Å². The van der Waals surface area contributed by atoms with Gasteiger partial charge in [0.1, 0.15) is 0 Å². The predicted octanol–water partition coefficient (Wildman–Crippen LogP) is 1.25. The van der Waals surface area contributed by atoms with Gasteiger partial charge in [0.05, 0.1) is 0 Å². The molecule has 0 aliphatic heterocycles. The Morgan fingerprint density at radius 1 is 1.56 bits per heavy atom. The Morgan fingerprint density at radius 3 is 3.00 bits per heavy atom. The van der Waals surface area contributed by atoms with Gasteiger partial charge in [-0.15, -0.1) is 0 Å². The van der Waals surface area contributed by atoms with Crippen molar-refractivity contribution in [2.45, 2.75) is 12.2 Å². The van der Waals surface area contributed by atoms with Crippen LogP contribution in [-0.2, 0) is 0 Å². The number of rotatable bonds is 2. The molecule has 0 saturated carbocycles. The zero-order valence-electron chi connectivity index (χ0n) is 5.42. The minimum absolute atomic E-state index is 0.654. The number of benzene rings is 1. The van der Waals surface area contributed by atoms with Crippen LogP contribution in [-0.4, -0.2) is 15.0 Å². The maximum absolute atomic E-state index is 3.20. The van der Waals surface area contributed by atoms with E-state index in [2.05, 4.69) is 25.1 Å². The SMILES string of the molecule is CC[Se]c1[c]cccc1. The molecule has 9 heavy (non-hydrogen) atoms. The van der Waals surface area contributed by atoms with Gasteiger partial charge in [-0.1, -0.05) is 0 Å². The second-order valence-corrected chi connectivity index (χ2v) is 4.40. The zero-order chi connectivity index (χ0) is 6.53. The summed E-state index contributed by atoms with van der Waals surface area (Å²) in [6.45, 7) is 2.21. The van der Waals surface area contributed by atoms with Gasteiger partial charge in [-0.25, -0.2) is 0 Å². The second-order valence-electron chi connectivity index (χ2n) is 1.66. The van der Waals surface area contributed by atoms with Crippen LogP contribution in [0.4, 0.5) is 0 Å². The normalized spacial score (nSPS) is 9.44. The van der Waals surface area contributed by atoms with Crippen LogP contribution in [0.15, 0.2) is 24.3 Å². The Labute approximate surface area is 62.4 Å². The third kappa shape index (κ3) is 2.21. The molecule has 0 aliphatic carbocycles. The fourth-order valence-corrected chi connectivity index (χ4v) is 1.96. The molecule has 0 amide bonds. The van der Waals surface area contributed by atoms with Gasteiger partial charge in [0.2, 0.25) is 0 Å². The van der Waals surface area contributed by atoms with Crippen molar-refractivity contribution in [3.8, 4) is 0 Å². The van der Waals surface area contributed by atoms with Crippen molar-refractivity contribution in [3.63, 3.8) is 0 Å². The van der Waals surface area contributed by atoms with Gasteiger partial charge in [-0.05, 0) is 0 Å². The summed E-state index contributed by atoms with van der Waals surface area (Å²) in [7, 11) is 0. The van der Waals surface area contributed by atoms with Crippen molar-refractivity contribution >= 4 is 19.4 Å². The van der Waals surface area contributed by atoms with Crippen molar-refractivity contribution in [2.75, 3.05) is 0 Å². The summed E-state index contributed by atoms with van der Waals surface area (Å²) in [5.74, 6) is 0. The van der Waals surface area contributed by atoms with Gasteiger partial charge >= 0.3 is 62.0 Å². The standard InChI is InChI=1S/C8H9Se/c1-2-9-8-6-4-3-5-7-8/h3-6H,2H2,1H3. The molecule has 1 radical (unpaired) electrons. The molecule has 0 aromatic heterocycles. The van der Waals surface area contributed by atoms with Gasteiger partial charge in [0.25, 0.3) is 0 Å².